The Labute approximate surface area is 132 Å². The van der Waals surface area contributed by atoms with E-state index >= 15 is 0 Å². The number of halogens is 1. The lowest BCUT2D eigenvalue weighted by molar-refractivity contribution is -0.141. The van der Waals surface area contributed by atoms with Crippen molar-refractivity contribution in [3.05, 3.63) is 45.2 Å². The zero-order valence-corrected chi connectivity index (χ0v) is 14.2. The van der Waals surface area contributed by atoms with E-state index in [0.29, 0.717) is 6.42 Å². The summed E-state index contributed by atoms with van der Waals surface area (Å²) in [6.07, 6.45) is 0.503. The van der Waals surface area contributed by atoms with Gasteiger partial charge in [0.15, 0.2) is 0 Å². The van der Waals surface area contributed by atoms with Crippen molar-refractivity contribution in [2.24, 2.45) is 5.92 Å². The summed E-state index contributed by atoms with van der Waals surface area (Å²) < 4.78 is 2.94. The molecular formula is C16H19BrN2O2. The van der Waals surface area contributed by atoms with Gasteiger partial charge in [-0.05, 0) is 56.5 Å². The molecule has 2 rings (SSSR count). The van der Waals surface area contributed by atoms with E-state index in [1.54, 1.807) is 6.92 Å². The number of carboxylic acids is 1. The Bertz CT molecular complexity index is 692. The number of carbonyl (C=O) groups is 1. The van der Waals surface area contributed by atoms with Crippen LogP contribution in [-0.4, -0.2) is 20.9 Å². The molecule has 112 valence electrons. The highest BCUT2D eigenvalue weighted by Gasteiger charge is 2.19. The molecule has 1 heterocycles. The number of aliphatic carboxylic acids is 1. The van der Waals surface area contributed by atoms with E-state index in [9.17, 15) is 4.79 Å². The van der Waals surface area contributed by atoms with Gasteiger partial charge >= 0.3 is 5.97 Å². The maximum atomic E-state index is 11.1. The van der Waals surface area contributed by atoms with Gasteiger partial charge in [0.1, 0.15) is 0 Å². The lowest BCUT2D eigenvalue weighted by Crippen LogP contribution is -2.13. The number of hydrogen-bond acceptors (Lipinski definition) is 2. The fourth-order valence-electron chi connectivity index (χ4n) is 2.45. The number of nitrogens with zero attached hydrogens (tertiary/aromatic N) is 2. The maximum absolute atomic E-state index is 11.1. The first kappa shape index (κ1) is 15.8. The first-order valence-corrected chi connectivity index (χ1v) is 7.65. The fourth-order valence-corrected chi connectivity index (χ4v) is 2.93. The van der Waals surface area contributed by atoms with Crippen molar-refractivity contribution in [1.82, 2.24) is 9.78 Å². The zero-order chi connectivity index (χ0) is 15.7. The molecule has 21 heavy (non-hydrogen) atoms. The number of aryl methyl sites for hydroxylation is 2. The number of carboxylic acid groups (broad SMARTS) is 1. The average Bonchev–Trinajstić information content (AvgIpc) is 2.66. The normalized spacial score (nSPS) is 12.4. The Hall–Kier alpha value is -1.62. The van der Waals surface area contributed by atoms with Gasteiger partial charge in [-0.3, -0.25) is 4.79 Å². The smallest absolute Gasteiger partial charge is 0.306 e. The van der Waals surface area contributed by atoms with Crippen molar-refractivity contribution < 1.29 is 9.90 Å². The van der Waals surface area contributed by atoms with Crippen LogP contribution in [0.15, 0.2) is 22.7 Å². The van der Waals surface area contributed by atoms with E-state index in [2.05, 4.69) is 21.0 Å². The van der Waals surface area contributed by atoms with Gasteiger partial charge in [-0.1, -0.05) is 22.9 Å². The minimum absolute atomic E-state index is 0.411. The predicted molar refractivity (Wildman–Crippen MR) is 86.0 cm³/mol. The number of benzene rings is 1. The van der Waals surface area contributed by atoms with Crippen LogP contribution in [0.25, 0.3) is 5.69 Å². The molecule has 0 radical (unpaired) electrons. The molecule has 5 heteroatoms. The van der Waals surface area contributed by atoms with E-state index in [1.165, 1.54) is 0 Å². The molecule has 2 aromatic rings. The Morgan fingerprint density at radius 1 is 1.38 bits per heavy atom. The van der Waals surface area contributed by atoms with Gasteiger partial charge in [-0.25, -0.2) is 4.68 Å². The standard InChI is InChI=1S/C16H19BrN2O2/c1-9-7-13(17)5-6-15(9)19-12(4)14(11(3)18-19)8-10(2)16(20)21/h5-7,10H,8H2,1-4H3,(H,20,21). The van der Waals surface area contributed by atoms with Crippen molar-refractivity contribution in [2.75, 3.05) is 0 Å². The van der Waals surface area contributed by atoms with Crippen LogP contribution in [0.3, 0.4) is 0 Å². The van der Waals surface area contributed by atoms with Crippen LogP contribution >= 0.6 is 15.9 Å². The molecule has 1 aromatic heterocycles. The van der Waals surface area contributed by atoms with E-state index in [4.69, 9.17) is 5.11 Å². The Kier molecular flexibility index (Phi) is 4.52. The Balaban J connectivity index is 2.45. The molecule has 0 saturated heterocycles. The second-order valence-electron chi connectivity index (χ2n) is 5.44. The van der Waals surface area contributed by atoms with Gasteiger partial charge in [0.2, 0.25) is 0 Å². The SMILES string of the molecule is Cc1cc(Br)ccc1-n1nc(C)c(CC(C)C(=O)O)c1C. The summed E-state index contributed by atoms with van der Waals surface area (Å²) in [6, 6.07) is 6.05. The molecular weight excluding hydrogens is 332 g/mol. The second kappa shape index (κ2) is 6.02. The van der Waals surface area contributed by atoms with Crippen LogP contribution in [0.5, 0.6) is 0 Å². The topological polar surface area (TPSA) is 55.1 Å². The molecule has 1 unspecified atom stereocenters. The summed E-state index contributed by atoms with van der Waals surface area (Å²) in [6.45, 7) is 7.69. The number of rotatable bonds is 4. The molecule has 0 aliphatic heterocycles. The quantitative estimate of drug-likeness (QED) is 0.911. The van der Waals surface area contributed by atoms with E-state index in [0.717, 1.165) is 32.7 Å². The predicted octanol–water partition coefficient (Wildman–Crippen LogP) is 3.82. The summed E-state index contributed by atoms with van der Waals surface area (Å²) >= 11 is 3.46. The van der Waals surface area contributed by atoms with E-state index < -0.39 is 11.9 Å². The summed E-state index contributed by atoms with van der Waals surface area (Å²) in [4.78, 5) is 11.1. The van der Waals surface area contributed by atoms with Gasteiger partial charge in [0, 0.05) is 10.2 Å². The van der Waals surface area contributed by atoms with Crippen LogP contribution in [0.4, 0.5) is 0 Å². The van der Waals surface area contributed by atoms with Crippen molar-refractivity contribution in [1.29, 1.82) is 0 Å². The minimum Gasteiger partial charge on any atom is -0.481 e. The zero-order valence-electron chi connectivity index (χ0n) is 12.6. The molecule has 1 aromatic carbocycles. The van der Waals surface area contributed by atoms with Crippen LogP contribution in [0, 0.1) is 26.7 Å². The third-order valence-electron chi connectivity index (χ3n) is 3.76. The lowest BCUT2D eigenvalue weighted by atomic mass is 10.00. The van der Waals surface area contributed by atoms with Gasteiger partial charge in [0.25, 0.3) is 0 Å². The van der Waals surface area contributed by atoms with Crippen LogP contribution in [0.2, 0.25) is 0 Å². The Morgan fingerprint density at radius 2 is 2.05 bits per heavy atom. The lowest BCUT2D eigenvalue weighted by Gasteiger charge is -2.10. The molecule has 0 spiro atoms. The maximum Gasteiger partial charge on any atom is 0.306 e. The van der Waals surface area contributed by atoms with Gasteiger partial charge in [-0.2, -0.15) is 5.10 Å². The average molecular weight is 351 g/mol. The Morgan fingerprint density at radius 3 is 2.62 bits per heavy atom. The first-order valence-electron chi connectivity index (χ1n) is 6.85. The van der Waals surface area contributed by atoms with Crippen LogP contribution in [-0.2, 0) is 11.2 Å². The molecule has 0 fully saturated rings. The molecule has 0 bridgehead atoms. The third kappa shape index (κ3) is 3.18. The minimum atomic E-state index is -0.777. The van der Waals surface area contributed by atoms with Gasteiger partial charge < -0.3 is 5.11 Å². The number of hydrogen-bond donors (Lipinski definition) is 1. The molecule has 0 amide bonds. The summed E-state index contributed by atoms with van der Waals surface area (Å²) in [7, 11) is 0. The summed E-state index contributed by atoms with van der Waals surface area (Å²) in [5, 5.41) is 13.7. The highest BCUT2D eigenvalue weighted by Crippen LogP contribution is 2.24. The van der Waals surface area contributed by atoms with Crippen molar-refractivity contribution in [3.63, 3.8) is 0 Å². The van der Waals surface area contributed by atoms with Crippen molar-refractivity contribution in [3.8, 4) is 5.69 Å². The molecule has 4 nitrogen and oxygen atoms in total. The molecule has 0 aliphatic carbocycles. The summed E-state index contributed by atoms with van der Waals surface area (Å²) in [5.74, 6) is -1.19. The fraction of sp³-hybridized carbons (Fsp3) is 0.375. The molecule has 0 aliphatic rings. The van der Waals surface area contributed by atoms with E-state index in [1.807, 2.05) is 43.7 Å². The third-order valence-corrected chi connectivity index (χ3v) is 4.25. The van der Waals surface area contributed by atoms with Crippen molar-refractivity contribution in [2.45, 2.75) is 34.1 Å². The van der Waals surface area contributed by atoms with E-state index in [-0.39, 0.29) is 0 Å². The molecule has 1 N–H and O–H groups in total. The highest BCUT2D eigenvalue weighted by molar-refractivity contribution is 9.10. The molecule has 0 saturated carbocycles. The monoisotopic (exact) mass is 350 g/mol. The second-order valence-corrected chi connectivity index (χ2v) is 6.35. The number of aromatic nitrogens is 2. The van der Waals surface area contributed by atoms with Gasteiger partial charge in [0.05, 0.1) is 17.3 Å². The molecule has 1 atom stereocenters. The van der Waals surface area contributed by atoms with Crippen molar-refractivity contribution >= 4 is 21.9 Å². The van der Waals surface area contributed by atoms with Crippen LogP contribution < -0.4 is 0 Å². The summed E-state index contributed by atoms with van der Waals surface area (Å²) in [5.41, 5.74) is 5.06. The highest BCUT2D eigenvalue weighted by atomic mass is 79.9. The largest absolute Gasteiger partial charge is 0.481 e. The van der Waals surface area contributed by atoms with Gasteiger partial charge in [-0.15, -0.1) is 0 Å². The van der Waals surface area contributed by atoms with Crippen LogP contribution in [0.1, 0.15) is 29.4 Å². The first-order chi connectivity index (χ1) is 9.81.